The lowest BCUT2D eigenvalue weighted by Gasteiger charge is -2.12. The number of anilines is 2. The van der Waals surface area contributed by atoms with Crippen LogP contribution in [0.4, 0.5) is 11.4 Å². The van der Waals surface area contributed by atoms with Crippen molar-refractivity contribution in [3.05, 3.63) is 69.9 Å². The Kier molecular flexibility index (Phi) is 4.51. The predicted molar refractivity (Wildman–Crippen MR) is 117 cm³/mol. The highest BCUT2D eigenvalue weighted by molar-refractivity contribution is 7.22. The van der Waals surface area contributed by atoms with E-state index in [0.717, 1.165) is 21.4 Å². The first-order chi connectivity index (χ1) is 13.1. The zero-order chi connectivity index (χ0) is 19.0. The average Bonchev–Trinajstić information content (AvgIpc) is 3.28. The summed E-state index contributed by atoms with van der Waals surface area (Å²) in [5, 5.41) is 13.7. The zero-order valence-corrected chi connectivity index (χ0v) is 16.2. The molecule has 0 saturated carbocycles. The van der Waals surface area contributed by atoms with E-state index >= 15 is 0 Å². The van der Waals surface area contributed by atoms with Crippen LogP contribution in [-0.2, 0) is 0 Å². The third kappa shape index (κ3) is 3.25. The molecule has 2 aromatic carbocycles. The van der Waals surface area contributed by atoms with Crippen molar-refractivity contribution in [1.82, 2.24) is 0 Å². The van der Waals surface area contributed by atoms with E-state index in [-0.39, 0.29) is 5.91 Å². The minimum atomic E-state index is -0.148. The third-order valence-corrected chi connectivity index (χ3v) is 6.55. The van der Waals surface area contributed by atoms with Crippen LogP contribution in [0.1, 0.15) is 20.8 Å². The van der Waals surface area contributed by atoms with Gasteiger partial charge >= 0.3 is 0 Å². The second-order valence-electron chi connectivity index (χ2n) is 6.21. The van der Waals surface area contributed by atoms with Crippen molar-refractivity contribution in [1.29, 1.82) is 5.41 Å². The van der Waals surface area contributed by atoms with Gasteiger partial charge in [0.2, 0.25) is 0 Å². The molecule has 4 nitrogen and oxygen atoms in total. The van der Waals surface area contributed by atoms with Crippen LogP contribution in [-0.4, -0.2) is 12.1 Å². The van der Waals surface area contributed by atoms with Gasteiger partial charge in [0, 0.05) is 38.3 Å². The maximum atomic E-state index is 12.6. The molecule has 4 N–H and O–H groups in total. The minimum absolute atomic E-state index is 0.148. The van der Waals surface area contributed by atoms with Crippen molar-refractivity contribution in [2.24, 2.45) is 0 Å². The molecule has 0 aliphatic carbocycles. The number of nitrogens with two attached hydrogens (primary N) is 1. The van der Waals surface area contributed by atoms with Crippen LogP contribution in [0.3, 0.4) is 0 Å². The number of carbonyl (C=O) groups is 1. The van der Waals surface area contributed by atoms with E-state index in [1.807, 2.05) is 36.6 Å². The molecule has 1 amide bonds. The molecule has 134 valence electrons. The second kappa shape index (κ2) is 6.98. The summed E-state index contributed by atoms with van der Waals surface area (Å²) < 4.78 is 1.17. The first kappa shape index (κ1) is 17.5. The Hall–Kier alpha value is -2.96. The highest BCUT2D eigenvalue weighted by Gasteiger charge is 2.15. The number of amides is 1. The van der Waals surface area contributed by atoms with E-state index in [0.29, 0.717) is 21.8 Å². The van der Waals surface area contributed by atoms with Gasteiger partial charge in [-0.1, -0.05) is 18.2 Å². The first-order valence-electron chi connectivity index (χ1n) is 8.35. The van der Waals surface area contributed by atoms with Crippen LogP contribution in [0.5, 0.6) is 0 Å². The van der Waals surface area contributed by atoms with Crippen LogP contribution in [0.15, 0.2) is 53.9 Å². The summed E-state index contributed by atoms with van der Waals surface area (Å²) in [5.41, 5.74) is 9.85. The van der Waals surface area contributed by atoms with Gasteiger partial charge in [-0.3, -0.25) is 4.79 Å². The SMILES string of the molecule is Cc1ccsc1C(=O)Nc1cc(C=N)c(N)c(-c2cc3ccccc3s2)c1. The van der Waals surface area contributed by atoms with E-state index < -0.39 is 0 Å². The molecule has 4 rings (SSSR count). The normalized spacial score (nSPS) is 10.9. The Morgan fingerprint density at radius 1 is 1.19 bits per heavy atom. The topological polar surface area (TPSA) is 79.0 Å². The summed E-state index contributed by atoms with van der Waals surface area (Å²) in [6, 6.07) is 15.8. The number of thiophene rings is 2. The van der Waals surface area contributed by atoms with Gasteiger partial charge < -0.3 is 16.5 Å². The number of nitrogens with one attached hydrogen (secondary N) is 2. The van der Waals surface area contributed by atoms with Crippen molar-refractivity contribution >= 4 is 56.3 Å². The second-order valence-corrected chi connectivity index (χ2v) is 8.21. The number of hydrogen-bond acceptors (Lipinski definition) is 5. The van der Waals surface area contributed by atoms with Gasteiger partial charge in [0.25, 0.3) is 5.91 Å². The molecule has 27 heavy (non-hydrogen) atoms. The average molecular weight is 392 g/mol. The van der Waals surface area contributed by atoms with E-state index in [4.69, 9.17) is 11.1 Å². The van der Waals surface area contributed by atoms with Crippen LogP contribution in [0.25, 0.3) is 20.5 Å². The van der Waals surface area contributed by atoms with Crippen LogP contribution in [0, 0.1) is 12.3 Å². The lowest BCUT2D eigenvalue weighted by atomic mass is 10.0. The molecule has 0 fully saturated rings. The lowest BCUT2D eigenvalue weighted by molar-refractivity contribution is 0.103. The molecule has 2 aromatic heterocycles. The van der Waals surface area contributed by atoms with E-state index in [1.54, 1.807) is 17.4 Å². The number of rotatable bonds is 4. The standard InChI is InChI=1S/C21H17N3OS2/c1-12-6-7-26-20(12)21(25)24-15-8-14(11-22)19(23)16(10-15)18-9-13-4-2-3-5-17(13)27-18/h2-11,22H,23H2,1H3,(H,24,25). The molecule has 0 aliphatic heterocycles. The first-order valence-corrected chi connectivity index (χ1v) is 10.0. The predicted octanol–water partition coefficient (Wildman–Crippen LogP) is 5.77. The third-order valence-electron chi connectivity index (χ3n) is 4.38. The van der Waals surface area contributed by atoms with Gasteiger partial charge in [-0.25, -0.2) is 0 Å². The van der Waals surface area contributed by atoms with Crippen molar-refractivity contribution in [3.63, 3.8) is 0 Å². The Balaban J connectivity index is 1.78. The summed E-state index contributed by atoms with van der Waals surface area (Å²) in [7, 11) is 0. The fourth-order valence-corrected chi connectivity index (χ4v) is 4.89. The number of nitrogen functional groups attached to an aromatic ring is 1. The number of aryl methyl sites for hydroxylation is 1. The summed E-state index contributed by atoms with van der Waals surface area (Å²) in [5.74, 6) is -0.148. The highest BCUT2D eigenvalue weighted by atomic mass is 32.1. The fraction of sp³-hybridized carbons (Fsp3) is 0.0476. The molecular weight excluding hydrogens is 374 g/mol. The summed E-state index contributed by atoms with van der Waals surface area (Å²) in [4.78, 5) is 14.3. The lowest BCUT2D eigenvalue weighted by Crippen LogP contribution is -2.12. The number of hydrogen-bond donors (Lipinski definition) is 3. The number of carbonyl (C=O) groups excluding carboxylic acids is 1. The minimum Gasteiger partial charge on any atom is -0.398 e. The van der Waals surface area contributed by atoms with Crippen LogP contribution >= 0.6 is 22.7 Å². The van der Waals surface area contributed by atoms with E-state index in [1.165, 1.54) is 22.3 Å². The quantitative estimate of drug-likeness (QED) is 0.305. The van der Waals surface area contributed by atoms with Gasteiger partial charge in [-0.15, -0.1) is 22.7 Å². The molecule has 0 radical (unpaired) electrons. The molecule has 0 spiro atoms. The van der Waals surface area contributed by atoms with Crippen LogP contribution in [0.2, 0.25) is 0 Å². The molecule has 0 unspecified atom stereocenters. The summed E-state index contributed by atoms with van der Waals surface area (Å²) >= 11 is 3.06. The van der Waals surface area contributed by atoms with Gasteiger partial charge in [0.05, 0.1) is 4.88 Å². The van der Waals surface area contributed by atoms with Gasteiger partial charge in [-0.2, -0.15) is 0 Å². The zero-order valence-electron chi connectivity index (χ0n) is 14.6. The van der Waals surface area contributed by atoms with Crippen LogP contribution < -0.4 is 11.1 Å². The largest absolute Gasteiger partial charge is 0.398 e. The maximum Gasteiger partial charge on any atom is 0.265 e. The molecule has 4 aromatic rings. The summed E-state index contributed by atoms with van der Waals surface area (Å²) in [6.45, 7) is 1.92. The number of fused-ring (bicyclic) bond motifs is 1. The molecule has 0 bridgehead atoms. The number of benzene rings is 2. The molecule has 2 heterocycles. The molecular formula is C21H17N3OS2. The molecule has 0 saturated heterocycles. The van der Waals surface area contributed by atoms with E-state index in [2.05, 4.69) is 23.5 Å². The summed E-state index contributed by atoms with van der Waals surface area (Å²) in [6.07, 6.45) is 1.22. The Morgan fingerprint density at radius 3 is 2.70 bits per heavy atom. The van der Waals surface area contributed by atoms with Crippen molar-refractivity contribution < 1.29 is 4.79 Å². The maximum absolute atomic E-state index is 12.6. The van der Waals surface area contributed by atoms with Gasteiger partial charge in [-0.05, 0) is 53.6 Å². The van der Waals surface area contributed by atoms with Gasteiger partial charge in [0.1, 0.15) is 0 Å². The smallest absolute Gasteiger partial charge is 0.265 e. The molecule has 0 aliphatic rings. The van der Waals surface area contributed by atoms with Crippen molar-refractivity contribution in [2.45, 2.75) is 6.92 Å². The fourth-order valence-electron chi connectivity index (χ4n) is 2.98. The molecule has 0 atom stereocenters. The Morgan fingerprint density at radius 2 is 2.00 bits per heavy atom. The highest BCUT2D eigenvalue weighted by Crippen LogP contribution is 2.39. The molecule has 6 heteroatoms. The Bertz CT molecular complexity index is 1140. The van der Waals surface area contributed by atoms with Gasteiger partial charge in [0.15, 0.2) is 0 Å². The Labute approximate surface area is 164 Å². The van der Waals surface area contributed by atoms with Crippen molar-refractivity contribution in [2.75, 3.05) is 11.1 Å². The van der Waals surface area contributed by atoms with E-state index in [9.17, 15) is 4.79 Å². The van der Waals surface area contributed by atoms with Crippen molar-refractivity contribution in [3.8, 4) is 10.4 Å². The monoisotopic (exact) mass is 391 g/mol.